The van der Waals surface area contributed by atoms with E-state index in [1.807, 2.05) is 12.1 Å². The molecule has 0 radical (unpaired) electrons. The summed E-state index contributed by atoms with van der Waals surface area (Å²) in [6.07, 6.45) is 1.07. The fraction of sp³-hybridized carbons (Fsp3) is 0.222. The van der Waals surface area contributed by atoms with E-state index in [9.17, 15) is 0 Å². The molecule has 0 saturated carbocycles. The number of hydrogen-bond acceptors (Lipinski definition) is 1. The summed E-state index contributed by atoms with van der Waals surface area (Å²) in [5.41, 5.74) is 6.54. The molecular weight excluding hydrogens is 280 g/mol. The Bertz CT molecular complexity index is 802. The van der Waals surface area contributed by atoms with Crippen LogP contribution in [0.25, 0.3) is 10.9 Å². The highest BCUT2D eigenvalue weighted by Gasteiger charge is 2.24. The van der Waals surface area contributed by atoms with Gasteiger partial charge in [-0.05, 0) is 48.7 Å². The molecule has 3 heteroatoms. The predicted molar refractivity (Wildman–Crippen MR) is 88.0 cm³/mol. The van der Waals surface area contributed by atoms with E-state index in [0.717, 1.165) is 18.0 Å². The topological polar surface area (TPSA) is 27.8 Å². The Labute approximate surface area is 129 Å². The molecule has 0 fully saturated rings. The third kappa shape index (κ3) is 2.15. The van der Waals surface area contributed by atoms with E-state index in [0.29, 0.717) is 0 Å². The van der Waals surface area contributed by atoms with Gasteiger partial charge in [0, 0.05) is 28.2 Å². The van der Waals surface area contributed by atoms with E-state index in [-0.39, 0.29) is 6.04 Å². The van der Waals surface area contributed by atoms with Crippen LogP contribution in [0, 0.1) is 6.92 Å². The number of aromatic amines is 1. The highest BCUT2D eigenvalue weighted by molar-refractivity contribution is 6.30. The van der Waals surface area contributed by atoms with Gasteiger partial charge in [0.25, 0.3) is 0 Å². The van der Waals surface area contributed by atoms with Gasteiger partial charge in [0.1, 0.15) is 0 Å². The fourth-order valence-electron chi connectivity index (χ4n) is 3.28. The monoisotopic (exact) mass is 296 g/mol. The van der Waals surface area contributed by atoms with E-state index in [1.165, 1.54) is 33.3 Å². The van der Waals surface area contributed by atoms with Gasteiger partial charge in [0.05, 0.1) is 6.04 Å². The number of aromatic nitrogens is 1. The van der Waals surface area contributed by atoms with Crippen LogP contribution in [0.1, 0.15) is 28.4 Å². The first-order valence-corrected chi connectivity index (χ1v) is 7.70. The first kappa shape index (κ1) is 12.9. The molecule has 3 aromatic rings. The quantitative estimate of drug-likeness (QED) is 0.686. The summed E-state index contributed by atoms with van der Waals surface area (Å²) in [6.45, 7) is 3.15. The van der Waals surface area contributed by atoms with Crippen LogP contribution >= 0.6 is 11.6 Å². The second-order valence-corrected chi connectivity index (χ2v) is 6.19. The summed E-state index contributed by atoms with van der Waals surface area (Å²) < 4.78 is 0. The summed E-state index contributed by atoms with van der Waals surface area (Å²) in [7, 11) is 0. The summed E-state index contributed by atoms with van der Waals surface area (Å²) in [4.78, 5) is 3.61. The lowest BCUT2D eigenvalue weighted by Gasteiger charge is -2.24. The molecule has 4 rings (SSSR count). The van der Waals surface area contributed by atoms with Gasteiger partial charge in [-0.15, -0.1) is 0 Å². The first-order valence-electron chi connectivity index (χ1n) is 7.32. The van der Waals surface area contributed by atoms with Crippen LogP contribution in [-0.4, -0.2) is 11.5 Å². The first-order chi connectivity index (χ1) is 10.2. The number of rotatable bonds is 1. The zero-order valence-electron chi connectivity index (χ0n) is 11.9. The molecule has 0 aliphatic carbocycles. The highest BCUT2D eigenvalue weighted by atomic mass is 35.5. The average Bonchev–Trinajstić information content (AvgIpc) is 2.86. The summed E-state index contributed by atoms with van der Waals surface area (Å²) in [6, 6.07) is 15.0. The molecule has 2 heterocycles. The van der Waals surface area contributed by atoms with Gasteiger partial charge in [0.2, 0.25) is 0 Å². The van der Waals surface area contributed by atoms with Gasteiger partial charge < -0.3 is 10.3 Å². The van der Waals surface area contributed by atoms with Gasteiger partial charge in [-0.3, -0.25) is 0 Å². The van der Waals surface area contributed by atoms with Crippen molar-refractivity contribution in [1.82, 2.24) is 10.3 Å². The molecule has 2 aromatic carbocycles. The van der Waals surface area contributed by atoms with Gasteiger partial charge in [-0.1, -0.05) is 35.4 Å². The number of benzene rings is 2. The minimum absolute atomic E-state index is 0.221. The maximum atomic E-state index is 6.00. The standard InChI is InChI=1S/C18H17ClN2/c1-11-2-7-16-15(10-11)14-8-9-20-17(18(14)21-16)12-3-5-13(19)6-4-12/h2-7,10,17,20-21H,8-9H2,1H3/t17-/m1/s1. The lowest BCUT2D eigenvalue weighted by molar-refractivity contribution is 0.560. The van der Waals surface area contributed by atoms with Crippen LogP contribution in [-0.2, 0) is 6.42 Å². The van der Waals surface area contributed by atoms with Crippen LogP contribution in [0.5, 0.6) is 0 Å². The maximum Gasteiger partial charge on any atom is 0.0732 e. The zero-order chi connectivity index (χ0) is 14.4. The molecule has 0 saturated heterocycles. The maximum absolute atomic E-state index is 6.00. The van der Waals surface area contributed by atoms with E-state index in [1.54, 1.807) is 0 Å². The summed E-state index contributed by atoms with van der Waals surface area (Å²) in [5, 5.41) is 5.76. The number of H-pyrrole nitrogens is 1. The average molecular weight is 297 g/mol. The summed E-state index contributed by atoms with van der Waals surface area (Å²) in [5.74, 6) is 0. The van der Waals surface area contributed by atoms with E-state index >= 15 is 0 Å². The van der Waals surface area contributed by atoms with Crippen molar-refractivity contribution in [3.8, 4) is 0 Å². The third-order valence-electron chi connectivity index (χ3n) is 4.31. The molecule has 1 aromatic heterocycles. The van der Waals surface area contributed by atoms with Gasteiger partial charge in [0.15, 0.2) is 0 Å². The van der Waals surface area contributed by atoms with Crippen molar-refractivity contribution in [2.24, 2.45) is 0 Å². The van der Waals surface area contributed by atoms with Gasteiger partial charge in [-0.25, -0.2) is 0 Å². The third-order valence-corrected chi connectivity index (χ3v) is 4.56. The van der Waals surface area contributed by atoms with Crippen molar-refractivity contribution in [2.45, 2.75) is 19.4 Å². The van der Waals surface area contributed by atoms with Crippen LogP contribution in [0.3, 0.4) is 0 Å². The van der Waals surface area contributed by atoms with Gasteiger partial charge in [-0.2, -0.15) is 0 Å². The smallest absolute Gasteiger partial charge is 0.0732 e. The molecule has 0 amide bonds. The number of aryl methyl sites for hydroxylation is 1. The van der Waals surface area contributed by atoms with Crippen LogP contribution < -0.4 is 5.32 Å². The van der Waals surface area contributed by atoms with Crippen LogP contribution in [0.15, 0.2) is 42.5 Å². The molecule has 2 nitrogen and oxygen atoms in total. The van der Waals surface area contributed by atoms with E-state index in [2.05, 4.69) is 47.6 Å². The molecule has 0 spiro atoms. The predicted octanol–water partition coefficient (Wildman–Crippen LogP) is 4.36. The molecule has 1 aliphatic heterocycles. The molecular formula is C18H17ClN2. The van der Waals surface area contributed by atoms with Crippen molar-refractivity contribution in [1.29, 1.82) is 0 Å². The largest absolute Gasteiger partial charge is 0.357 e. The second-order valence-electron chi connectivity index (χ2n) is 5.75. The molecule has 106 valence electrons. The fourth-order valence-corrected chi connectivity index (χ4v) is 3.41. The molecule has 2 N–H and O–H groups in total. The zero-order valence-corrected chi connectivity index (χ0v) is 12.7. The van der Waals surface area contributed by atoms with Gasteiger partial charge >= 0.3 is 0 Å². The number of halogens is 1. The molecule has 0 bridgehead atoms. The van der Waals surface area contributed by atoms with Crippen molar-refractivity contribution in [3.05, 3.63) is 69.9 Å². The Morgan fingerprint density at radius 3 is 2.71 bits per heavy atom. The lowest BCUT2D eigenvalue weighted by Crippen LogP contribution is -2.30. The van der Waals surface area contributed by atoms with Crippen LogP contribution in [0.2, 0.25) is 5.02 Å². The summed E-state index contributed by atoms with van der Waals surface area (Å²) >= 11 is 6.00. The Morgan fingerprint density at radius 1 is 1.10 bits per heavy atom. The highest BCUT2D eigenvalue weighted by Crippen LogP contribution is 2.34. The Hall–Kier alpha value is -1.77. The second kappa shape index (κ2) is 4.90. The SMILES string of the molecule is Cc1ccc2[nH]c3c(c2c1)CCN[C@@H]3c1ccc(Cl)cc1. The van der Waals surface area contributed by atoms with Crippen molar-refractivity contribution in [3.63, 3.8) is 0 Å². The van der Waals surface area contributed by atoms with Crippen molar-refractivity contribution in [2.75, 3.05) is 6.54 Å². The molecule has 1 atom stereocenters. The van der Waals surface area contributed by atoms with Crippen molar-refractivity contribution < 1.29 is 0 Å². The minimum atomic E-state index is 0.221. The Morgan fingerprint density at radius 2 is 1.90 bits per heavy atom. The van der Waals surface area contributed by atoms with E-state index < -0.39 is 0 Å². The molecule has 0 unspecified atom stereocenters. The molecule has 1 aliphatic rings. The van der Waals surface area contributed by atoms with Crippen LogP contribution in [0.4, 0.5) is 0 Å². The number of nitrogens with one attached hydrogen (secondary N) is 2. The number of hydrogen-bond donors (Lipinski definition) is 2. The normalized spacial score (nSPS) is 17.9. The Kier molecular flexibility index (Phi) is 3.02. The number of fused-ring (bicyclic) bond motifs is 3. The molecule has 21 heavy (non-hydrogen) atoms. The van der Waals surface area contributed by atoms with E-state index in [4.69, 9.17) is 11.6 Å². The Balaban J connectivity index is 1.88. The lowest BCUT2D eigenvalue weighted by atomic mass is 9.94. The van der Waals surface area contributed by atoms with Crippen molar-refractivity contribution >= 4 is 22.5 Å². The minimum Gasteiger partial charge on any atom is -0.357 e.